The van der Waals surface area contributed by atoms with Gasteiger partial charge in [0.25, 0.3) is 0 Å². The van der Waals surface area contributed by atoms with Crippen molar-refractivity contribution in [2.24, 2.45) is 0 Å². The smallest absolute Gasteiger partial charge is 0.130 e. The monoisotopic (exact) mass is 301 g/mol. The van der Waals surface area contributed by atoms with Crippen LogP contribution in [0.1, 0.15) is 0 Å². The average molecular weight is 301 g/mol. The lowest BCUT2D eigenvalue weighted by molar-refractivity contribution is 0.416. The molecule has 23 heavy (non-hydrogen) atoms. The lowest BCUT2D eigenvalue weighted by Crippen LogP contribution is -1.97. The van der Waals surface area contributed by atoms with E-state index in [1.54, 1.807) is 13.3 Å². The number of benzene rings is 2. The maximum absolute atomic E-state index is 5.55. The molecule has 4 heteroatoms. The van der Waals surface area contributed by atoms with Gasteiger partial charge in [-0.05, 0) is 30.3 Å². The normalized spacial score (nSPS) is 10.8. The summed E-state index contributed by atoms with van der Waals surface area (Å²) in [7, 11) is 1.67. The van der Waals surface area contributed by atoms with E-state index in [-0.39, 0.29) is 0 Å². The molecule has 0 N–H and O–H groups in total. The summed E-state index contributed by atoms with van der Waals surface area (Å²) in [5.74, 6) is 0.778. The van der Waals surface area contributed by atoms with Crippen molar-refractivity contribution in [1.29, 1.82) is 0 Å². The van der Waals surface area contributed by atoms with Gasteiger partial charge in [-0.3, -0.25) is 4.98 Å². The Hall–Kier alpha value is -3.14. The summed E-state index contributed by atoms with van der Waals surface area (Å²) in [6.45, 7) is 0. The predicted molar refractivity (Wildman–Crippen MR) is 90.9 cm³/mol. The maximum Gasteiger partial charge on any atom is 0.130 e. The number of pyridine rings is 1. The van der Waals surface area contributed by atoms with Crippen LogP contribution in [0, 0.1) is 0 Å². The summed E-state index contributed by atoms with van der Waals surface area (Å²) < 4.78 is 7.43. The highest BCUT2D eigenvalue weighted by Gasteiger charge is 2.10. The van der Waals surface area contributed by atoms with Gasteiger partial charge in [-0.1, -0.05) is 24.3 Å². The molecular weight excluding hydrogens is 286 g/mol. The second-order valence-electron chi connectivity index (χ2n) is 5.23. The van der Waals surface area contributed by atoms with Gasteiger partial charge in [-0.25, -0.2) is 4.68 Å². The molecule has 0 fully saturated rings. The molecule has 0 atom stereocenters. The molecule has 4 nitrogen and oxygen atoms in total. The summed E-state index contributed by atoms with van der Waals surface area (Å²) in [5, 5.41) is 5.72. The number of nitrogens with zero attached hydrogens (tertiary/aromatic N) is 3. The maximum atomic E-state index is 5.55. The minimum Gasteiger partial charge on any atom is -0.496 e. The summed E-state index contributed by atoms with van der Waals surface area (Å²) in [5.41, 5.74) is 3.79. The second kappa shape index (κ2) is 5.57. The zero-order valence-electron chi connectivity index (χ0n) is 12.7. The topological polar surface area (TPSA) is 39.9 Å². The van der Waals surface area contributed by atoms with Crippen molar-refractivity contribution in [3.63, 3.8) is 0 Å². The van der Waals surface area contributed by atoms with Crippen molar-refractivity contribution in [3.05, 3.63) is 73.1 Å². The lowest BCUT2D eigenvalue weighted by Gasteiger charge is -2.10. The number of aromatic nitrogens is 3. The molecule has 0 saturated heterocycles. The Bertz CT molecular complexity index is 928. The molecule has 2 heterocycles. The molecular formula is C19H15N3O. The first kappa shape index (κ1) is 13.5. The van der Waals surface area contributed by atoms with Crippen molar-refractivity contribution < 1.29 is 4.74 Å². The van der Waals surface area contributed by atoms with Crippen molar-refractivity contribution in [1.82, 2.24) is 14.8 Å². The highest BCUT2D eigenvalue weighted by atomic mass is 16.5. The largest absolute Gasteiger partial charge is 0.496 e. The van der Waals surface area contributed by atoms with E-state index in [2.05, 4.69) is 16.1 Å². The van der Waals surface area contributed by atoms with Crippen LogP contribution >= 0.6 is 0 Å². The molecule has 2 aromatic carbocycles. The van der Waals surface area contributed by atoms with Gasteiger partial charge in [-0.15, -0.1) is 0 Å². The van der Waals surface area contributed by atoms with E-state index < -0.39 is 0 Å². The first-order valence-electron chi connectivity index (χ1n) is 7.39. The second-order valence-corrected chi connectivity index (χ2v) is 5.23. The van der Waals surface area contributed by atoms with Gasteiger partial charge in [0.2, 0.25) is 0 Å². The number of hydrogen-bond donors (Lipinski definition) is 0. The zero-order valence-corrected chi connectivity index (χ0v) is 12.7. The van der Waals surface area contributed by atoms with E-state index >= 15 is 0 Å². The van der Waals surface area contributed by atoms with Crippen LogP contribution in [0.15, 0.2) is 73.1 Å². The van der Waals surface area contributed by atoms with Gasteiger partial charge in [0.15, 0.2) is 0 Å². The first-order valence-corrected chi connectivity index (χ1v) is 7.39. The summed E-state index contributed by atoms with van der Waals surface area (Å²) >= 11 is 0. The van der Waals surface area contributed by atoms with Crippen LogP contribution in [-0.2, 0) is 0 Å². The number of fused-ring (bicyclic) bond motifs is 1. The van der Waals surface area contributed by atoms with Gasteiger partial charge in [0.1, 0.15) is 5.75 Å². The molecule has 0 aliphatic carbocycles. The Labute approximate surface area is 134 Å². The van der Waals surface area contributed by atoms with Crippen molar-refractivity contribution >= 4 is 10.9 Å². The SMILES string of the molecule is COc1cc(-n2cc3ccccc3n2)ccc1-c1ccccn1. The molecule has 0 aliphatic heterocycles. The van der Waals surface area contributed by atoms with E-state index in [1.165, 1.54) is 0 Å². The van der Waals surface area contributed by atoms with Gasteiger partial charge < -0.3 is 4.74 Å². The standard InChI is InChI=1S/C19H15N3O/c1-23-19-12-15(9-10-16(19)18-8-4-5-11-20-18)22-13-14-6-2-3-7-17(14)21-22/h2-13H,1H3. The average Bonchev–Trinajstić information content (AvgIpc) is 3.06. The van der Waals surface area contributed by atoms with Crippen LogP contribution in [0.5, 0.6) is 5.75 Å². The molecule has 2 aromatic heterocycles. The van der Waals surface area contributed by atoms with Crippen molar-refractivity contribution in [2.75, 3.05) is 7.11 Å². The van der Waals surface area contributed by atoms with Crippen LogP contribution < -0.4 is 4.74 Å². The van der Waals surface area contributed by atoms with Gasteiger partial charge in [0.05, 0.1) is 24.0 Å². The summed E-state index contributed by atoms with van der Waals surface area (Å²) in [4.78, 5) is 4.39. The van der Waals surface area contributed by atoms with Crippen LogP contribution in [-0.4, -0.2) is 21.9 Å². The quantitative estimate of drug-likeness (QED) is 0.572. The Morgan fingerprint density at radius 2 is 1.83 bits per heavy atom. The van der Waals surface area contributed by atoms with E-state index in [0.29, 0.717) is 0 Å². The molecule has 4 aromatic rings. The van der Waals surface area contributed by atoms with Gasteiger partial charge >= 0.3 is 0 Å². The number of methoxy groups -OCH3 is 1. The molecule has 0 aliphatic rings. The number of hydrogen-bond acceptors (Lipinski definition) is 3. The van der Waals surface area contributed by atoms with Crippen molar-refractivity contribution in [3.8, 4) is 22.7 Å². The molecule has 0 saturated carbocycles. The van der Waals surface area contributed by atoms with E-state index in [9.17, 15) is 0 Å². The van der Waals surface area contributed by atoms with E-state index in [1.807, 2.05) is 65.5 Å². The Balaban J connectivity index is 1.81. The third-order valence-electron chi connectivity index (χ3n) is 3.80. The highest BCUT2D eigenvalue weighted by molar-refractivity contribution is 5.78. The molecule has 0 radical (unpaired) electrons. The predicted octanol–water partition coefficient (Wildman–Crippen LogP) is 4.10. The van der Waals surface area contributed by atoms with Crippen LogP contribution in [0.2, 0.25) is 0 Å². The third-order valence-corrected chi connectivity index (χ3v) is 3.80. The first-order chi connectivity index (χ1) is 11.3. The van der Waals surface area contributed by atoms with Crippen LogP contribution in [0.3, 0.4) is 0 Å². The lowest BCUT2D eigenvalue weighted by atomic mass is 10.1. The zero-order chi connectivity index (χ0) is 15.6. The fourth-order valence-corrected chi connectivity index (χ4v) is 2.65. The van der Waals surface area contributed by atoms with Crippen LogP contribution in [0.4, 0.5) is 0 Å². The van der Waals surface area contributed by atoms with Crippen molar-refractivity contribution in [2.45, 2.75) is 0 Å². The third kappa shape index (κ3) is 2.44. The Morgan fingerprint density at radius 3 is 2.61 bits per heavy atom. The fourth-order valence-electron chi connectivity index (χ4n) is 2.65. The minimum atomic E-state index is 0.778. The summed E-state index contributed by atoms with van der Waals surface area (Å²) in [6.07, 6.45) is 3.80. The molecule has 0 amide bonds. The van der Waals surface area contributed by atoms with Crippen LogP contribution in [0.25, 0.3) is 27.8 Å². The summed E-state index contributed by atoms with van der Waals surface area (Å²) in [6, 6.07) is 19.9. The Kier molecular flexibility index (Phi) is 3.27. The fraction of sp³-hybridized carbons (Fsp3) is 0.0526. The Morgan fingerprint density at radius 1 is 0.957 bits per heavy atom. The molecule has 4 rings (SSSR count). The minimum absolute atomic E-state index is 0.778. The highest BCUT2D eigenvalue weighted by Crippen LogP contribution is 2.30. The number of rotatable bonds is 3. The molecule has 0 bridgehead atoms. The molecule has 0 spiro atoms. The van der Waals surface area contributed by atoms with Gasteiger partial charge in [-0.2, -0.15) is 5.10 Å². The molecule has 0 unspecified atom stereocenters. The van der Waals surface area contributed by atoms with Gasteiger partial charge in [0, 0.05) is 29.4 Å². The van der Waals surface area contributed by atoms with E-state index in [4.69, 9.17) is 4.74 Å². The number of ether oxygens (including phenoxy) is 1. The van der Waals surface area contributed by atoms with E-state index in [0.717, 1.165) is 33.6 Å². The molecule has 112 valence electrons.